The first kappa shape index (κ1) is 36.6. The summed E-state index contributed by atoms with van der Waals surface area (Å²) in [6, 6.07) is 16.1. The topological polar surface area (TPSA) is 113 Å². The van der Waals surface area contributed by atoms with E-state index in [4.69, 9.17) is 23.4 Å². The minimum atomic E-state index is -2.30. The lowest BCUT2D eigenvalue weighted by Gasteiger charge is -2.37. The van der Waals surface area contributed by atoms with Gasteiger partial charge in [-0.1, -0.05) is 45.0 Å². The molecule has 1 heterocycles. The maximum Gasteiger partial charge on any atom is 0.410 e. The highest BCUT2D eigenvalue weighted by Gasteiger charge is 2.42. The van der Waals surface area contributed by atoms with Crippen LogP contribution in [0, 0.1) is 0 Å². The van der Waals surface area contributed by atoms with E-state index in [-0.39, 0.29) is 30.0 Å². The highest BCUT2D eigenvalue weighted by Crippen LogP contribution is 2.39. The Morgan fingerprint density at radius 2 is 1.48 bits per heavy atom. The predicted octanol–water partition coefficient (Wildman–Crippen LogP) is 7.95. The first-order valence-electron chi connectivity index (χ1n) is 16.4. The molecule has 0 spiro atoms. The molecule has 1 saturated heterocycles. The number of fused-ring (bicyclic) bond motifs is 1. The third-order valence-corrected chi connectivity index (χ3v) is 13.3. The molecule has 1 N–H and O–H groups in total. The second-order valence-electron chi connectivity index (χ2n) is 14.8. The highest BCUT2D eigenvalue weighted by atomic mass is 28.4. The number of likely N-dealkylation sites (tertiary alicyclic amines) is 1. The Labute approximate surface area is 285 Å². The van der Waals surface area contributed by atoms with E-state index in [1.54, 1.807) is 42.3 Å². The molecule has 0 radical (unpaired) electrons. The van der Waals surface area contributed by atoms with E-state index in [9.17, 15) is 14.4 Å². The van der Waals surface area contributed by atoms with Gasteiger partial charge in [-0.15, -0.1) is 0 Å². The zero-order valence-corrected chi connectivity index (χ0v) is 30.9. The van der Waals surface area contributed by atoms with Crippen LogP contribution in [0.1, 0.15) is 81.5 Å². The summed E-state index contributed by atoms with van der Waals surface area (Å²) >= 11 is 0. The van der Waals surface area contributed by atoms with Gasteiger partial charge in [0.15, 0.2) is 5.72 Å². The number of benzene rings is 3. The van der Waals surface area contributed by atoms with Gasteiger partial charge in [-0.05, 0) is 81.0 Å². The van der Waals surface area contributed by atoms with E-state index in [0.717, 1.165) is 10.8 Å². The van der Waals surface area contributed by atoms with Crippen molar-refractivity contribution >= 4 is 37.1 Å². The van der Waals surface area contributed by atoms with Crippen LogP contribution in [0.25, 0.3) is 10.8 Å². The molecule has 48 heavy (non-hydrogen) atoms. The van der Waals surface area contributed by atoms with Gasteiger partial charge in [0.05, 0.1) is 19.8 Å². The van der Waals surface area contributed by atoms with E-state index in [1.807, 2.05) is 45.0 Å². The Morgan fingerprint density at radius 1 is 0.812 bits per heavy atom. The molecule has 1 unspecified atom stereocenters. The summed E-state index contributed by atoms with van der Waals surface area (Å²) in [5.41, 5.74) is -1.60. The van der Waals surface area contributed by atoms with Crippen LogP contribution in [0.2, 0.25) is 18.1 Å². The predicted molar refractivity (Wildman–Crippen MR) is 189 cm³/mol. The minimum Gasteiger partial charge on any atom is -0.543 e. The average molecular weight is 679 g/mol. The molecule has 2 amide bonds. The van der Waals surface area contributed by atoms with Gasteiger partial charge in [-0.2, -0.15) is 0 Å². The second-order valence-corrected chi connectivity index (χ2v) is 19.5. The van der Waals surface area contributed by atoms with Crippen LogP contribution in [0.15, 0.2) is 54.6 Å². The van der Waals surface area contributed by atoms with Crippen molar-refractivity contribution in [2.45, 2.75) is 90.3 Å². The van der Waals surface area contributed by atoms with Crippen LogP contribution in [0.5, 0.6) is 17.2 Å². The fourth-order valence-corrected chi connectivity index (χ4v) is 6.36. The van der Waals surface area contributed by atoms with E-state index in [0.29, 0.717) is 35.8 Å². The Morgan fingerprint density at radius 3 is 2.12 bits per heavy atom. The highest BCUT2D eigenvalue weighted by molar-refractivity contribution is 6.74. The second kappa shape index (κ2) is 14.1. The molecule has 3 aromatic rings. The van der Waals surface area contributed by atoms with Crippen LogP contribution in [0.4, 0.5) is 4.79 Å². The monoisotopic (exact) mass is 678 g/mol. The molecule has 0 saturated carbocycles. The van der Waals surface area contributed by atoms with Gasteiger partial charge in [-0.3, -0.25) is 4.79 Å². The van der Waals surface area contributed by atoms with Crippen molar-refractivity contribution in [1.29, 1.82) is 0 Å². The third kappa shape index (κ3) is 8.42. The van der Waals surface area contributed by atoms with Crippen LogP contribution in [0.3, 0.4) is 0 Å². The standard InChI is InChI=1S/C37H50N2O8Si/c1-35(2,3)46-34(42)39-21-14-19-37(20-22-39,38-32(40)26-16-11-12-17-30(26)47-48(9,10)36(4,5)6)45-33(41)28-23-25-15-13-18-29(43-7)27(25)24-31(28)44-8/h11-13,15-18,23-24H,14,19-22H2,1-10H3,(H,38,40). The zero-order valence-electron chi connectivity index (χ0n) is 29.9. The van der Waals surface area contributed by atoms with E-state index < -0.39 is 37.6 Å². The van der Waals surface area contributed by atoms with E-state index in [1.165, 1.54) is 7.11 Å². The van der Waals surface area contributed by atoms with Crippen LogP contribution in [-0.2, 0) is 9.47 Å². The summed E-state index contributed by atoms with van der Waals surface area (Å²) in [5.74, 6) is 0.290. The first-order chi connectivity index (χ1) is 22.4. The maximum atomic E-state index is 14.2. The minimum absolute atomic E-state index is 0.0946. The lowest BCUT2D eigenvalue weighted by atomic mass is 10.0. The Kier molecular flexibility index (Phi) is 10.7. The average Bonchev–Trinajstić information content (AvgIpc) is 3.21. The Bertz CT molecular complexity index is 1660. The van der Waals surface area contributed by atoms with Gasteiger partial charge in [0.2, 0.25) is 0 Å². The number of ether oxygens (including phenoxy) is 4. The summed E-state index contributed by atoms with van der Waals surface area (Å²) < 4.78 is 29.7. The molecule has 4 rings (SSSR count). The summed E-state index contributed by atoms with van der Waals surface area (Å²) in [6.07, 6.45) is 0.382. The number of esters is 1. The Balaban J connectivity index is 1.71. The number of nitrogens with zero attached hydrogens (tertiary/aromatic N) is 1. The third-order valence-electron chi connectivity index (χ3n) is 8.98. The van der Waals surface area contributed by atoms with Crippen molar-refractivity contribution in [2.75, 3.05) is 27.3 Å². The quantitative estimate of drug-likeness (QED) is 0.145. The molecule has 11 heteroatoms. The molecule has 1 aliphatic rings. The molecule has 0 aromatic heterocycles. The van der Waals surface area contributed by atoms with E-state index in [2.05, 4.69) is 39.2 Å². The summed E-state index contributed by atoms with van der Waals surface area (Å²) in [7, 11) is 0.762. The lowest BCUT2D eigenvalue weighted by molar-refractivity contribution is -0.0412. The molecule has 260 valence electrons. The van der Waals surface area contributed by atoms with Crippen LogP contribution >= 0.6 is 0 Å². The number of methoxy groups -OCH3 is 2. The molecule has 0 aliphatic carbocycles. The summed E-state index contributed by atoms with van der Waals surface area (Å²) in [5, 5.41) is 4.51. The largest absolute Gasteiger partial charge is 0.543 e. The van der Waals surface area contributed by atoms with Crippen molar-refractivity contribution in [3.8, 4) is 17.2 Å². The van der Waals surface area contributed by atoms with E-state index >= 15 is 0 Å². The summed E-state index contributed by atoms with van der Waals surface area (Å²) in [6.45, 7) is 16.6. The van der Waals surface area contributed by atoms with Crippen molar-refractivity contribution in [3.63, 3.8) is 0 Å². The van der Waals surface area contributed by atoms with Gasteiger partial charge in [-0.25, -0.2) is 9.59 Å². The molecule has 0 bridgehead atoms. The number of nitrogens with one attached hydrogen (secondary N) is 1. The lowest BCUT2D eigenvalue weighted by Crippen LogP contribution is -2.52. The fraction of sp³-hybridized carbons (Fsp3) is 0.486. The van der Waals surface area contributed by atoms with Crippen molar-refractivity contribution in [2.24, 2.45) is 0 Å². The SMILES string of the molecule is COc1cc2c(OC)cccc2cc1C(=O)OC1(NC(=O)c2ccccc2O[Si](C)(C)C(C)(C)C)CCCN(C(=O)OC(C)(C)C)CC1. The van der Waals surface area contributed by atoms with Crippen molar-refractivity contribution < 1.29 is 37.8 Å². The van der Waals surface area contributed by atoms with Gasteiger partial charge in [0, 0.05) is 31.3 Å². The van der Waals surface area contributed by atoms with Crippen molar-refractivity contribution in [3.05, 3.63) is 65.7 Å². The smallest absolute Gasteiger partial charge is 0.410 e. The fourth-order valence-electron chi connectivity index (χ4n) is 5.33. The number of amides is 2. The number of hydrogen-bond donors (Lipinski definition) is 1. The number of para-hydroxylation sites is 1. The van der Waals surface area contributed by atoms with Gasteiger partial charge in [0.1, 0.15) is 28.4 Å². The molecule has 1 fully saturated rings. The molecular weight excluding hydrogens is 628 g/mol. The number of carbonyl (C=O) groups excluding carboxylic acids is 3. The first-order valence-corrected chi connectivity index (χ1v) is 19.3. The van der Waals surface area contributed by atoms with Crippen LogP contribution < -0.4 is 19.2 Å². The molecule has 3 aromatic carbocycles. The number of rotatable bonds is 8. The molecule has 1 aliphatic heterocycles. The van der Waals surface area contributed by atoms with Gasteiger partial charge < -0.3 is 33.6 Å². The number of hydrogen-bond acceptors (Lipinski definition) is 8. The van der Waals surface area contributed by atoms with Gasteiger partial charge >= 0.3 is 12.1 Å². The summed E-state index contributed by atoms with van der Waals surface area (Å²) in [4.78, 5) is 42.9. The van der Waals surface area contributed by atoms with Crippen LogP contribution in [-0.4, -0.2) is 69.8 Å². The molecule has 10 nitrogen and oxygen atoms in total. The normalized spacial score (nSPS) is 17.2. The molecule has 1 atom stereocenters. The number of carbonyl (C=O) groups is 3. The van der Waals surface area contributed by atoms with Crippen molar-refractivity contribution in [1.82, 2.24) is 10.2 Å². The zero-order chi connectivity index (χ0) is 35.5. The van der Waals surface area contributed by atoms with Gasteiger partial charge in [0.25, 0.3) is 14.2 Å². The maximum absolute atomic E-state index is 14.2. The molecular formula is C37H50N2O8Si. The Hall–Kier alpha value is -4.25.